The van der Waals surface area contributed by atoms with E-state index in [1.54, 1.807) is 6.08 Å². The molecule has 1 nitrogen and oxygen atoms in total. The number of benzene rings is 10. The molecule has 10 aromatic carbocycles. The molecule has 0 atom stereocenters. The highest BCUT2D eigenvalue weighted by Gasteiger charge is 2.24. The van der Waals surface area contributed by atoms with Crippen molar-refractivity contribution in [3.63, 3.8) is 0 Å². The van der Waals surface area contributed by atoms with Crippen molar-refractivity contribution in [2.45, 2.75) is 6.92 Å². The van der Waals surface area contributed by atoms with Gasteiger partial charge in [-0.2, -0.15) is 0 Å². The number of allylic oxidation sites excluding steroid dienone is 1. The van der Waals surface area contributed by atoms with E-state index in [0.717, 1.165) is 28.2 Å². The minimum atomic E-state index is 1.09. The monoisotopic (exact) mass is 797 g/mol. The van der Waals surface area contributed by atoms with Gasteiger partial charge in [-0.3, -0.25) is 0 Å². The van der Waals surface area contributed by atoms with Crippen LogP contribution in [0.1, 0.15) is 6.92 Å². The number of anilines is 3. The Balaban J connectivity index is 0.00000144. The predicted molar refractivity (Wildman–Crippen MR) is 267 cm³/mol. The fourth-order valence-electron chi connectivity index (χ4n) is 8.66. The van der Waals surface area contributed by atoms with Gasteiger partial charge in [0.25, 0.3) is 0 Å². The molecule has 0 aliphatic heterocycles. The highest BCUT2D eigenvalue weighted by atomic mass is 32.1. The van der Waals surface area contributed by atoms with Gasteiger partial charge >= 0.3 is 0 Å². The Morgan fingerprint density at radius 1 is 0.377 bits per heavy atom. The smallest absolute Gasteiger partial charge is 0.0618 e. The highest BCUT2D eigenvalue weighted by molar-refractivity contribution is 7.26. The van der Waals surface area contributed by atoms with Gasteiger partial charge in [-0.25, -0.2) is 0 Å². The summed E-state index contributed by atoms with van der Waals surface area (Å²) in [5, 5.41) is 7.60. The van der Waals surface area contributed by atoms with Gasteiger partial charge < -0.3 is 4.90 Å². The molecule has 11 rings (SSSR count). The Morgan fingerprint density at radius 3 is 1.56 bits per heavy atom. The second kappa shape index (κ2) is 16.6. The summed E-state index contributed by atoms with van der Waals surface area (Å²) >= 11 is 1.88. The standard InChI is InChI=1S/C56H37NS.C3H6/c1-4-15-38(16-5-1)44-36-52(39-17-6-2-7-18-39)55(53(37-44)40-19-8-3-9-20-40)57(46-33-34-48-43(35-46)28-27-41-21-10-11-22-47(41)48)45-31-29-42(30-32-45)49-24-14-25-51-50-23-12-13-26-54(50)58-56(49)51;1-3-2/h1-37H;3H,1H2,2H3. The van der Waals surface area contributed by atoms with Crippen LogP contribution in [0.25, 0.3) is 86.2 Å². The lowest BCUT2D eigenvalue weighted by Gasteiger charge is -2.31. The third kappa shape index (κ3) is 7.18. The Morgan fingerprint density at radius 2 is 0.885 bits per heavy atom. The van der Waals surface area contributed by atoms with Crippen LogP contribution in [0.4, 0.5) is 17.1 Å². The van der Waals surface area contributed by atoms with Crippen molar-refractivity contribution in [2.24, 2.45) is 0 Å². The van der Waals surface area contributed by atoms with E-state index in [2.05, 4.69) is 236 Å². The van der Waals surface area contributed by atoms with Gasteiger partial charge in [-0.05, 0) is 104 Å². The summed E-state index contributed by atoms with van der Waals surface area (Å²) in [4.78, 5) is 2.48. The molecule has 1 heterocycles. The zero-order chi connectivity index (χ0) is 41.1. The molecular weight excluding hydrogens is 755 g/mol. The van der Waals surface area contributed by atoms with E-state index in [9.17, 15) is 0 Å². The van der Waals surface area contributed by atoms with E-state index in [4.69, 9.17) is 0 Å². The third-order valence-electron chi connectivity index (χ3n) is 11.4. The molecule has 0 spiro atoms. The molecule has 0 unspecified atom stereocenters. The van der Waals surface area contributed by atoms with E-state index in [0.29, 0.717) is 0 Å². The van der Waals surface area contributed by atoms with Gasteiger partial charge in [0, 0.05) is 42.7 Å². The van der Waals surface area contributed by atoms with Crippen molar-refractivity contribution in [3.05, 3.63) is 237 Å². The third-order valence-corrected chi connectivity index (χ3v) is 12.7. The van der Waals surface area contributed by atoms with Crippen LogP contribution in [0.3, 0.4) is 0 Å². The van der Waals surface area contributed by atoms with Crippen molar-refractivity contribution in [3.8, 4) is 44.5 Å². The summed E-state index contributed by atoms with van der Waals surface area (Å²) in [5.74, 6) is 0. The molecule has 1 aromatic heterocycles. The van der Waals surface area contributed by atoms with Crippen molar-refractivity contribution in [1.82, 2.24) is 0 Å². The van der Waals surface area contributed by atoms with Crippen molar-refractivity contribution in [1.29, 1.82) is 0 Å². The Bertz CT molecular complexity index is 3250. The molecule has 290 valence electrons. The Kier molecular flexibility index (Phi) is 10.3. The van der Waals surface area contributed by atoms with E-state index < -0.39 is 0 Å². The van der Waals surface area contributed by atoms with Crippen LogP contribution >= 0.6 is 11.3 Å². The molecule has 0 saturated carbocycles. The van der Waals surface area contributed by atoms with Gasteiger partial charge in [0.2, 0.25) is 0 Å². The van der Waals surface area contributed by atoms with Crippen molar-refractivity contribution in [2.75, 3.05) is 4.90 Å². The summed E-state index contributed by atoms with van der Waals surface area (Å²) in [5.41, 5.74) is 12.8. The number of nitrogens with zero attached hydrogens (tertiary/aromatic N) is 1. The number of rotatable bonds is 7. The quantitative estimate of drug-likeness (QED) is 0.115. The minimum absolute atomic E-state index is 1.09. The molecule has 11 aromatic rings. The maximum absolute atomic E-state index is 3.36. The van der Waals surface area contributed by atoms with E-state index >= 15 is 0 Å². The van der Waals surface area contributed by atoms with Gasteiger partial charge in [0.05, 0.1) is 5.69 Å². The van der Waals surface area contributed by atoms with Crippen LogP contribution in [0.5, 0.6) is 0 Å². The van der Waals surface area contributed by atoms with Crippen LogP contribution < -0.4 is 4.90 Å². The minimum Gasteiger partial charge on any atom is -0.309 e. The lowest BCUT2D eigenvalue weighted by atomic mass is 9.89. The van der Waals surface area contributed by atoms with Gasteiger partial charge in [0.1, 0.15) is 0 Å². The average molecular weight is 798 g/mol. The van der Waals surface area contributed by atoms with Crippen molar-refractivity contribution >= 4 is 70.1 Å². The van der Waals surface area contributed by atoms with E-state index in [1.807, 2.05) is 18.3 Å². The molecule has 0 N–H and O–H groups in total. The van der Waals surface area contributed by atoms with Crippen LogP contribution in [0, 0.1) is 0 Å². The molecule has 0 fully saturated rings. The topological polar surface area (TPSA) is 3.24 Å². The SMILES string of the molecule is C=CC.c1ccc(-c2cc(-c3ccccc3)c(N(c3ccc(-c4cccc5c4sc4ccccc45)cc3)c3ccc4c(ccc5ccccc54)c3)c(-c3ccccc3)c2)cc1. The first-order valence-corrected chi connectivity index (χ1v) is 21.6. The molecule has 2 heteroatoms. The molecule has 0 aliphatic rings. The molecule has 0 amide bonds. The Hall–Kier alpha value is -7.52. The molecule has 0 aliphatic carbocycles. The molecule has 0 bridgehead atoms. The highest BCUT2D eigenvalue weighted by Crippen LogP contribution is 2.50. The van der Waals surface area contributed by atoms with Crippen LogP contribution in [0.2, 0.25) is 0 Å². The summed E-state index contributed by atoms with van der Waals surface area (Å²) in [6, 6.07) is 82.1. The first-order chi connectivity index (χ1) is 30.2. The second-order valence-electron chi connectivity index (χ2n) is 15.3. The average Bonchev–Trinajstić information content (AvgIpc) is 3.72. The molecule has 61 heavy (non-hydrogen) atoms. The zero-order valence-corrected chi connectivity index (χ0v) is 34.8. The largest absolute Gasteiger partial charge is 0.309 e. The van der Waals surface area contributed by atoms with Crippen LogP contribution in [-0.2, 0) is 0 Å². The summed E-state index contributed by atoms with van der Waals surface area (Å²) in [6.07, 6.45) is 1.75. The normalized spacial score (nSPS) is 11.1. The van der Waals surface area contributed by atoms with Gasteiger partial charge in [0.15, 0.2) is 0 Å². The maximum atomic E-state index is 3.36. The van der Waals surface area contributed by atoms with Crippen LogP contribution in [-0.4, -0.2) is 0 Å². The van der Waals surface area contributed by atoms with E-state index in [-0.39, 0.29) is 0 Å². The Labute approximate surface area is 361 Å². The van der Waals surface area contributed by atoms with Crippen molar-refractivity contribution < 1.29 is 0 Å². The number of hydrogen-bond acceptors (Lipinski definition) is 2. The van der Waals surface area contributed by atoms with Gasteiger partial charge in [-0.1, -0.05) is 188 Å². The first kappa shape index (κ1) is 37.7. The first-order valence-electron chi connectivity index (χ1n) is 20.8. The zero-order valence-electron chi connectivity index (χ0n) is 34.0. The summed E-state index contributed by atoms with van der Waals surface area (Å²) in [7, 11) is 0. The number of hydrogen-bond donors (Lipinski definition) is 0. The van der Waals surface area contributed by atoms with Crippen LogP contribution in [0.15, 0.2) is 237 Å². The lowest BCUT2D eigenvalue weighted by Crippen LogP contribution is -2.13. The number of thiophene rings is 1. The predicted octanol–water partition coefficient (Wildman–Crippen LogP) is 17.7. The lowest BCUT2D eigenvalue weighted by molar-refractivity contribution is 1.29. The second-order valence-corrected chi connectivity index (χ2v) is 16.3. The summed E-state index contributed by atoms with van der Waals surface area (Å²) in [6.45, 7) is 5.25. The maximum Gasteiger partial charge on any atom is 0.0618 e. The molecular formula is C59H43NS. The van der Waals surface area contributed by atoms with Gasteiger partial charge in [-0.15, -0.1) is 17.9 Å². The molecule has 0 radical (unpaired) electrons. The fraction of sp³-hybridized carbons (Fsp3) is 0.0169. The summed E-state index contributed by atoms with van der Waals surface area (Å²) < 4.78 is 2.64. The fourth-order valence-corrected chi connectivity index (χ4v) is 9.90. The van der Waals surface area contributed by atoms with E-state index in [1.165, 1.54) is 75.1 Å². The number of fused-ring (bicyclic) bond motifs is 6. The molecule has 0 saturated heterocycles.